The first kappa shape index (κ1) is 14.8. The summed E-state index contributed by atoms with van der Waals surface area (Å²) in [5, 5.41) is 3.26. The highest BCUT2D eigenvalue weighted by molar-refractivity contribution is 6.03. The number of nitrogens with zero attached hydrogens (tertiary/aromatic N) is 2. The van der Waals surface area contributed by atoms with Gasteiger partial charge in [-0.3, -0.25) is 14.5 Å². The summed E-state index contributed by atoms with van der Waals surface area (Å²) in [6.45, 7) is 6.05. The molecule has 0 spiro atoms. The molecule has 2 amide bonds. The third-order valence-electron chi connectivity index (χ3n) is 4.19. The lowest BCUT2D eigenvalue weighted by Crippen LogP contribution is -2.56. The molecular formula is C16H21N3O3. The minimum atomic E-state index is -0.567. The summed E-state index contributed by atoms with van der Waals surface area (Å²) in [6.07, 6.45) is -0.567. The molecule has 3 rings (SSSR count). The Bertz CT molecular complexity index is 590. The molecule has 1 fully saturated rings. The second-order valence-corrected chi connectivity index (χ2v) is 5.79. The maximum Gasteiger partial charge on any atom is 0.268 e. The molecule has 0 aromatic heterocycles. The van der Waals surface area contributed by atoms with Gasteiger partial charge >= 0.3 is 0 Å². The second-order valence-electron chi connectivity index (χ2n) is 5.79. The van der Waals surface area contributed by atoms with E-state index in [2.05, 4.69) is 5.32 Å². The molecule has 2 aliphatic rings. The fraction of sp³-hybridized carbons (Fsp3) is 0.500. The normalized spacial score (nSPS) is 24.7. The van der Waals surface area contributed by atoms with Gasteiger partial charge in [0.1, 0.15) is 12.3 Å². The lowest BCUT2D eigenvalue weighted by atomic mass is 10.1. The number of amides is 2. The van der Waals surface area contributed by atoms with E-state index in [-0.39, 0.29) is 24.4 Å². The van der Waals surface area contributed by atoms with Gasteiger partial charge in [0.05, 0.1) is 5.69 Å². The summed E-state index contributed by atoms with van der Waals surface area (Å²) in [5.74, 6) is 0.455. The molecule has 0 saturated carbocycles. The number of benzene rings is 1. The maximum atomic E-state index is 12.6. The molecule has 1 N–H and O–H groups in total. The molecule has 1 unspecified atom stereocenters. The van der Waals surface area contributed by atoms with E-state index in [0.717, 1.165) is 13.1 Å². The van der Waals surface area contributed by atoms with E-state index >= 15 is 0 Å². The molecular weight excluding hydrogens is 282 g/mol. The summed E-state index contributed by atoms with van der Waals surface area (Å²) in [7, 11) is 0. The van der Waals surface area contributed by atoms with Crippen LogP contribution in [0.2, 0.25) is 0 Å². The van der Waals surface area contributed by atoms with Crippen molar-refractivity contribution in [3.63, 3.8) is 0 Å². The predicted molar refractivity (Wildman–Crippen MR) is 82.9 cm³/mol. The topological polar surface area (TPSA) is 61.9 Å². The van der Waals surface area contributed by atoms with Crippen LogP contribution in [0.5, 0.6) is 5.75 Å². The van der Waals surface area contributed by atoms with Gasteiger partial charge in [0.25, 0.3) is 5.91 Å². The van der Waals surface area contributed by atoms with Crippen LogP contribution in [0.4, 0.5) is 5.69 Å². The van der Waals surface area contributed by atoms with Gasteiger partial charge in [-0.05, 0) is 26.0 Å². The molecule has 1 saturated heterocycles. The van der Waals surface area contributed by atoms with Gasteiger partial charge in [-0.2, -0.15) is 0 Å². The van der Waals surface area contributed by atoms with Crippen molar-refractivity contribution in [2.45, 2.75) is 26.0 Å². The molecule has 0 bridgehead atoms. The third kappa shape index (κ3) is 2.66. The Balaban J connectivity index is 1.81. The molecule has 1 aromatic rings. The molecule has 6 nitrogen and oxygen atoms in total. The van der Waals surface area contributed by atoms with Gasteiger partial charge in [-0.1, -0.05) is 12.1 Å². The third-order valence-corrected chi connectivity index (χ3v) is 4.19. The van der Waals surface area contributed by atoms with Gasteiger partial charge in [0.2, 0.25) is 5.91 Å². The molecule has 1 aromatic carbocycles. The Kier molecular flexibility index (Phi) is 4.02. The molecule has 2 heterocycles. The number of nitrogens with one attached hydrogen (secondary N) is 1. The van der Waals surface area contributed by atoms with E-state index in [4.69, 9.17) is 4.74 Å². The molecule has 2 aliphatic heterocycles. The van der Waals surface area contributed by atoms with Crippen molar-refractivity contribution in [1.82, 2.24) is 10.2 Å². The number of ether oxygens (including phenoxy) is 1. The monoisotopic (exact) mass is 303 g/mol. The molecule has 0 radical (unpaired) electrons. The second kappa shape index (κ2) is 5.96. The van der Waals surface area contributed by atoms with Crippen LogP contribution in [-0.2, 0) is 9.59 Å². The minimum Gasteiger partial charge on any atom is -0.479 e. The van der Waals surface area contributed by atoms with Crippen molar-refractivity contribution in [3.05, 3.63) is 24.3 Å². The predicted octanol–water partition coefficient (Wildman–Crippen LogP) is 0.621. The smallest absolute Gasteiger partial charge is 0.268 e. The van der Waals surface area contributed by atoms with E-state index < -0.39 is 6.10 Å². The number of hydrogen-bond donors (Lipinski definition) is 1. The van der Waals surface area contributed by atoms with Gasteiger partial charge in [0.15, 0.2) is 6.10 Å². The standard InChI is InChI=1S/C16H21N3O3/c1-11-9-17-7-8-18(11)15(20)10-19-13-5-3-4-6-14(13)22-12(2)16(19)21/h3-6,11-12,17H,7-10H2,1-2H3/t11-,12?/m0/s1. The Morgan fingerprint density at radius 3 is 2.91 bits per heavy atom. The number of carbonyl (C=O) groups is 2. The van der Waals surface area contributed by atoms with E-state index in [1.807, 2.05) is 36.1 Å². The molecule has 0 aliphatic carbocycles. The highest BCUT2D eigenvalue weighted by Gasteiger charge is 2.34. The Labute approximate surface area is 130 Å². The summed E-state index contributed by atoms with van der Waals surface area (Å²) < 4.78 is 5.60. The number of piperazine rings is 1. The summed E-state index contributed by atoms with van der Waals surface area (Å²) in [4.78, 5) is 28.4. The molecule has 2 atom stereocenters. The molecule has 22 heavy (non-hydrogen) atoms. The van der Waals surface area contributed by atoms with Crippen molar-refractivity contribution < 1.29 is 14.3 Å². The first-order valence-electron chi connectivity index (χ1n) is 7.65. The SMILES string of the molecule is CC1Oc2ccccc2N(CC(=O)N2CCNC[C@@H]2C)C1=O. The van der Waals surface area contributed by atoms with Gasteiger partial charge in [0, 0.05) is 25.7 Å². The fourth-order valence-corrected chi connectivity index (χ4v) is 2.96. The number of hydrogen-bond acceptors (Lipinski definition) is 4. The number of fused-ring (bicyclic) bond motifs is 1. The zero-order chi connectivity index (χ0) is 15.7. The van der Waals surface area contributed by atoms with Gasteiger partial charge in [-0.15, -0.1) is 0 Å². The largest absolute Gasteiger partial charge is 0.479 e. The van der Waals surface area contributed by atoms with Crippen LogP contribution >= 0.6 is 0 Å². The Morgan fingerprint density at radius 2 is 2.14 bits per heavy atom. The van der Waals surface area contributed by atoms with Crippen LogP contribution < -0.4 is 15.0 Å². The average molecular weight is 303 g/mol. The average Bonchev–Trinajstić information content (AvgIpc) is 2.52. The van der Waals surface area contributed by atoms with Crippen LogP contribution in [0.15, 0.2) is 24.3 Å². The molecule has 6 heteroatoms. The molecule has 118 valence electrons. The highest BCUT2D eigenvalue weighted by atomic mass is 16.5. The van der Waals surface area contributed by atoms with Gasteiger partial charge in [-0.25, -0.2) is 0 Å². The quantitative estimate of drug-likeness (QED) is 0.870. The van der Waals surface area contributed by atoms with E-state index in [9.17, 15) is 9.59 Å². The van der Waals surface area contributed by atoms with Crippen molar-refractivity contribution in [2.75, 3.05) is 31.1 Å². The van der Waals surface area contributed by atoms with Crippen molar-refractivity contribution >= 4 is 17.5 Å². The number of para-hydroxylation sites is 2. The lowest BCUT2D eigenvalue weighted by Gasteiger charge is -2.37. The van der Waals surface area contributed by atoms with Crippen molar-refractivity contribution in [3.8, 4) is 5.75 Å². The van der Waals surface area contributed by atoms with E-state index in [1.54, 1.807) is 11.8 Å². The highest BCUT2D eigenvalue weighted by Crippen LogP contribution is 2.33. The number of rotatable bonds is 2. The Morgan fingerprint density at radius 1 is 1.36 bits per heavy atom. The Hall–Kier alpha value is -2.08. The summed E-state index contributed by atoms with van der Waals surface area (Å²) in [6, 6.07) is 7.48. The van der Waals surface area contributed by atoms with E-state index in [1.165, 1.54) is 0 Å². The van der Waals surface area contributed by atoms with Crippen LogP contribution in [-0.4, -0.2) is 55.0 Å². The zero-order valence-electron chi connectivity index (χ0n) is 12.9. The fourth-order valence-electron chi connectivity index (χ4n) is 2.96. The van der Waals surface area contributed by atoms with Crippen LogP contribution in [0.25, 0.3) is 0 Å². The lowest BCUT2D eigenvalue weighted by molar-refractivity contribution is -0.135. The van der Waals surface area contributed by atoms with E-state index in [0.29, 0.717) is 18.0 Å². The van der Waals surface area contributed by atoms with Crippen molar-refractivity contribution in [2.24, 2.45) is 0 Å². The summed E-state index contributed by atoms with van der Waals surface area (Å²) in [5.41, 5.74) is 0.668. The maximum absolute atomic E-state index is 12.6. The number of carbonyl (C=O) groups excluding carboxylic acids is 2. The summed E-state index contributed by atoms with van der Waals surface area (Å²) >= 11 is 0. The first-order chi connectivity index (χ1) is 10.6. The van der Waals surface area contributed by atoms with Gasteiger partial charge < -0.3 is 15.0 Å². The number of anilines is 1. The van der Waals surface area contributed by atoms with Crippen LogP contribution in [0, 0.1) is 0 Å². The van der Waals surface area contributed by atoms with Crippen molar-refractivity contribution in [1.29, 1.82) is 0 Å². The van der Waals surface area contributed by atoms with Crippen LogP contribution in [0.3, 0.4) is 0 Å². The zero-order valence-corrected chi connectivity index (χ0v) is 12.9. The minimum absolute atomic E-state index is 0.0220. The van der Waals surface area contributed by atoms with Crippen LogP contribution in [0.1, 0.15) is 13.8 Å². The first-order valence-corrected chi connectivity index (χ1v) is 7.65.